The van der Waals surface area contributed by atoms with Crippen molar-refractivity contribution in [2.75, 3.05) is 5.73 Å². The maximum Gasteiger partial charge on any atom is 0.270 e. The monoisotopic (exact) mass is 335 g/mol. The maximum atomic E-state index is 5.98. The van der Waals surface area contributed by atoms with Crippen LogP contribution in [0.4, 0.5) is 5.69 Å². The molecule has 2 heterocycles. The molecule has 4 nitrogen and oxygen atoms in total. The Kier molecular flexibility index (Phi) is 3.12. The van der Waals surface area contributed by atoms with Gasteiger partial charge < -0.3 is 10.3 Å². The van der Waals surface area contributed by atoms with Gasteiger partial charge in [-0.3, -0.25) is 0 Å². The zero-order valence-electron chi connectivity index (χ0n) is 10.1. The fourth-order valence-corrected chi connectivity index (χ4v) is 2.97. The van der Waals surface area contributed by atoms with Crippen molar-refractivity contribution in [1.82, 2.24) is 10.1 Å². The molecule has 19 heavy (non-hydrogen) atoms. The Morgan fingerprint density at radius 3 is 2.89 bits per heavy atom. The molecule has 2 N–H and O–H groups in total. The van der Waals surface area contributed by atoms with Crippen LogP contribution in [0.25, 0.3) is 22.2 Å². The van der Waals surface area contributed by atoms with Crippen molar-refractivity contribution in [3.05, 3.63) is 39.7 Å². The lowest BCUT2D eigenvalue weighted by Gasteiger charge is -1.94. The van der Waals surface area contributed by atoms with Crippen LogP contribution in [0.3, 0.4) is 0 Å². The number of aryl methyl sites for hydroxylation is 1. The Morgan fingerprint density at radius 2 is 2.21 bits per heavy atom. The van der Waals surface area contributed by atoms with Gasteiger partial charge >= 0.3 is 0 Å². The van der Waals surface area contributed by atoms with Crippen LogP contribution in [-0.2, 0) is 0 Å². The lowest BCUT2D eigenvalue weighted by molar-refractivity contribution is 0.433. The van der Waals surface area contributed by atoms with Crippen molar-refractivity contribution in [2.45, 2.75) is 6.92 Å². The highest BCUT2D eigenvalue weighted by Gasteiger charge is 2.15. The molecule has 0 aliphatic carbocycles. The Hall–Kier alpha value is -1.66. The number of anilines is 1. The number of hydrogen-bond donors (Lipinski definition) is 1. The SMILES string of the molecule is Cc1csc(-c2nc(-c3cccc(Br)c3)no2)c1N. The van der Waals surface area contributed by atoms with Gasteiger partial charge in [-0.25, -0.2) is 0 Å². The topological polar surface area (TPSA) is 64.9 Å². The minimum absolute atomic E-state index is 0.463. The first-order chi connectivity index (χ1) is 9.15. The van der Waals surface area contributed by atoms with Crippen molar-refractivity contribution in [1.29, 1.82) is 0 Å². The van der Waals surface area contributed by atoms with E-state index in [1.807, 2.05) is 36.6 Å². The second-order valence-corrected chi connectivity index (χ2v) is 5.89. The summed E-state index contributed by atoms with van der Waals surface area (Å²) in [5, 5.41) is 5.98. The molecule has 0 aliphatic heterocycles. The largest absolute Gasteiger partial charge is 0.397 e. The van der Waals surface area contributed by atoms with Crippen molar-refractivity contribution >= 4 is 33.0 Å². The highest BCUT2D eigenvalue weighted by molar-refractivity contribution is 9.10. The van der Waals surface area contributed by atoms with E-state index in [4.69, 9.17) is 10.3 Å². The molecule has 0 amide bonds. The maximum absolute atomic E-state index is 5.98. The summed E-state index contributed by atoms with van der Waals surface area (Å²) in [6.07, 6.45) is 0. The molecule has 3 aromatic rings. The Labute approximate surface area is 122 Å². The number of aromatic nitrogens is 2. The van der Waals surface area contributed by atoms with E-state index in [9.17, 15) is 0 Å². The molecule has 0 atom stereocenters. The molecule has 96 valence electrons. The number of hydrogen-bond acceptors (Lipinski definition) is 5. The van der Waals surface area contributed by atoms with Gasteiger partial charge in [0.25, 0.3) is 5.89 Å². The number of nitrogens with two attached hydrogens (primary N) is 1. The number of nitrogen functional groups attached to an aromatic ring is 1. The van der Waals surface area contributed by atoms with Gasteiger partial charge in [0, 0.05) is 10.0 Å². The lowest BCUT2D eigenvalue weighted by Crippen LogP contribution is -1.87. The van der Waals surface area contributed by atoms with E-state index in [1.165, 1.54) is 11.3 Å². The molecular weight excluding hydrogens is 326 g/mol. The molecule has 0 bridgehead atoms. The molecule has 0 saturated heterocycles. The van der Waals surface area contributed by atoms with E-state index in [2.05, 4.69) is 26.1 Å². The summed E-state index contributed by atoms with van der Waals surface area (Å²) in [5.41, 5.74) is 8.61. The standard InChI is InChI=1S/C13H10BrN3OS/c1-7-6-19-11(10(7)15)13-16-12(17-18-13)8-3-2-4-9(14)5-8/h2-6H,15H2,1H3. The molecule has 2 aromatic heterocycles. The van der Waals surface area contributed by atoms with Crippen LogP contribution in [0.2, 0.25) is 0 Å². The fourth-order valence-electron chi connectivity index (χ4n) is 1.68. The van der Waals surface area contributed by atoms with E-state index >= 15 is 0 Å². The average molecular weight is 336 g/mol. The Balaban J connectivity index is 2.02. The third kappa shape index (κ3) is 2.29. The van der Waals surface area contributed by atoms with Gasteiger partial charge in [-0.2, -0.15) is 4.98 Å². The predicted molar refractivity (Wildman–Crippen MR) is 79.9 cm³/mol. The van der Waals surface area contributed by atoms with Crippen LogP contribution in [0.5, 0.6) is 0 Å². The number of thiophene rings is 1. The molecule has 0 fully saturated rings. The highest BCUT2D eigenvalue weighted by Crippen LogP contribution is 2.34. The fraction of sp³-hybridized carbons (Fsp3) is 0.0769. The molecule has 0 radical (unpaired) electrons. The smallest absolute Gasteiger partial charge is 0.270 e. The zero-order valence-corrected chi connectivity index (χ0v) is 12.5. The van der Waals surface area contributed by atoms with Crippen LogP contribution in [0, 0.1) is 6.92 Å². The van der Waals surface area contributed by atoms with Gasteiger partial charge in [-0.1, -0.05) is 33.2 Å². The minimum atomic E-state index is 0.463. The van der Waals surface area contributed by atoms with Gasteiger partial charge in [0.05, 0.1) is 5.69 Å². The normalized spacial score (nSPS) is 10.8. The van der Waals surface area contributed by atoms with Crippen LogP contribution < -0.4 is 5.73 Å². The Bertz CT molecular complexity index is 735. The molecule has 0 aliphatic rings. The van der Waals surface area contributed by atoms with Crippen molar-refractivity contribution in [3.63, 3.8) is 0 Å². The van der Waals surface area contributed by atoms with Crippen LogP contribution >= 0.6 is 27.3 Å². The summed E-state index contributed by atoms with van der Waals surface area (Å²) >= 11 is 4.93. The van der Waals surface area contributed by atoms with Gasteiger partial charge in [0.15, 0.2) is 0 Å². The summed E-state index contributed by atoms with van der Waals surface area (Å²) in [6.45, 7) is 1.96. The van der Waals surface area contributed by atoms with Crippen LogP contribution in [0.15, 0.2) is 38.6 Å². The first-order valence-electron chi connectivity index (χ1n) is 5.59. The first kappa shape index (κ1) is 12.4. The van der Waals surface area contributed by atoms with E-state index in [0.29, 0.717) is 17.4 Å². The summed E-state index contributed by atoms with van der Waals surface area (Å²) in [6, 6.07) is 7.75. The van der Waals surface area contributed by atoms with E-state index in [0.717, 1.165) is 20.5 Å². The first-order valence-corrected chi connectivity index (χ1v) is 7.26. The summed E-state index contributed by atoms with van der Waals surface area (Å²) in [5.74, 6) is 1.02. The number of nitrogens with zero attached hydrogens (tertiary/aromatic N) is 2. The number of benzene rings is 1. The van der Waals surface area contributed by atoms with E-state index in [-0.39, 0.29) is 0 Å². The number of halogens is 1. The van der Waals surface area contributed by atoms with Crippen LogP contribution in [0.1, 0.15) is 5.56 Å². The van der Waals surface area contributed by atoms with Gasteiger partial charge in [0.1, 0.15) is 4.88 Å². The molecule has 3 rings (SSSR count). The quantitative estimate of drug-likeness (QED) is 0.765. The third-order valence-corrected chi connectivity index (χ3v) is 4.32. The Morgan fingerprint density at radius 1 is 1.37 bits per heavy atom. The third-order valence-electron chi connectivity index (χ3n) is 2.73. The average Bonchev–Trinajstić information content (AvgIpc) is 2.98. The lowest BCUT2D eigenvalue weighted by atomic mass is 10.2. The van der Waals surface area contributed by atoms with E-state index in [1.54, 1.807) is 0 Å². The number of rotatable bonds is 2. The summed E-state index contributed by atoms with van der Waals surface area (Å²) in [7, 11) is 0. The molecule has 1 aromatic carbocycles. The summed E-state index contributed by atoms with van der Waals surface area (Å²) < 4.78 is 6.27. The molecule has 0 saturated carbocycles. The van der Waals surface area contributed by atoms with Gasteiger partial charge in [-0.15, -0.1) is 11.3 Å². The van der Waals surface area contributed by atoms with Gasteiger partial charge in [0.2, 0.25) is 5.82 Å². The van der Waals surface area contributed by atoms with Crippen LogP contribution in [-0.4, -0.2) is 10.1 Å². The second kappa shape index (κ2) is 4.79. The summed E-state index contributed by atoms with van der Waals surface area (Å²) in [4.78, 5) is 5.22. The molecular formula is C13H10BrN3OS. The minimum Gasteiger partial charge on any atom is -0.397 e. The highest BCUT2D eigenvalue weighted by atomic mass is 79.9. The van der Waals surface area contributed by atoms with Crippen molar-refractivity contribution in [2.24, 2.45) is 0 Å². The zero-order chi connectivity index (χ0) is 13.4. The molecule has 0 spiro atoms. The molecule has 0 unspecified atom stereocenters. The van der Waals surface area contributed by atoms with Gasteiger partial charge in [-0.05, 0) is 30.0 Å². The molecule has 6 heteroatoms. The predicted octanol–water partition coefficient (Wildman–Crippen LogP) is 4.12. The van der Waals surface area contributed by atoms with E-state index < -0.39 is 0 Å². The second-order valence-electron chi connectivity index (χ2n) is 4.09. The van der Waals surface area contributed by atoms with Crippen molar-refractivity contribution < 1.29 is 4.52 Å². The van der Waals surface area contributed by atoms with Crippen molar-refractivity contribution in [3.8, 4) is 22.2 Å².